The van der Waals surface area contributed by atoms with Gasteiger partial charge in [0.2, 0.25) is 5.91 Å². The molecule has 0 spiro atoms. The van der Waals surface area contributed by atoms with Crippen molar-refractivity contribution in [2.45, 2.75) is 36.7 Å². The Hall–Kier alpha value is -1.98. The minimum absolute atomic E-state index is 0.0485. The maximum atomic E-state index is 12.3. The number of carbonyl (C=O) groups is 1. The third kappa shape index (κ3) is 4.77. The van der Waals surface area contributed by atoms with Gasteiger partial charge in [-0.25, -0.2) is 0 Å². The lowest BCUT2D eigenvalue weighted by Gasteiger charge is -2.25. The lowest BCUT2D eigenvalue weighted by atomic mass is 10.0. The van der Waals surface area contributed by atoms with Gasteiger partial charge in [-0.1, -0.05) is 18.2 Å². The summed E-state index contributed by atoms with van der Waals surface area (Å²) in [4.78, 5) is 13.7. The Labute approximate surface area is 153 Å². The Morgan fingerprint density at radius 3 is 2.80 bits per heavy atom. The molecule has 0 radical (unpaired) electrons. The average Bonchev–Trinajstić information content (AvgIpc) is 2.62. The molecule has 4 nitrogen and oxygen atoms in total. The molecule has 0 aromatic heterocycles. The number of rotatable bonds is 6. The molecule has 5 heteroatoms. The number of thioether (sulfide) groups is 1. The number of quaternary nitrogens is 1. The predicted molar refractivity (Wildman–Crippen MR) is 102 cm³/mol. The largest absolute Gasteiger partial charge is 0.497 e. The van der Waals surface area contributed by atoms with Gasteiger partial charge in [0.05, 0.1) is 19.6 Å². The van der Waals surface area contributed by atoms with Crippen molar-refractivity contribution in [3.8, 4) is 5.75 Å². The summed E-state index contributed by atoms with van der Waals surface area (Å²) in [5.74, 6) is 1.98. The van der Waals surface area contributed by atoms with E-state index in [2.05, 4.69) is 41.8 Å². The van der Waals surface area contributed by atoms with Crippen molar-refractivity contribution in [3.05, 3.63) is 54.1 Å². The van der Waals surface area contributed by atoms with Crippen molar-refractivity contribution in [2.75, 3.05) is 18.2 Å². The normalized spacial score (nSPS) is 17.4. The molecule has 2 aromatic rings. The fraction of sp³-hybridized carbons (Fsp3) is 0.350. The van der Waals surface area contributed by atoms with E-state index in [4.69, 9.17) is 4.74 Å². The second-order valence-electron chi connectivity index (χ2n) is 6.43. The fourth-order valence-corrected chi connectivity index (χ4v) is 4.37. The van der Waals surface area contributed by atoms with Crippen molar-refractivity contribution >= 4 is 23.4 Å². The van der Waals surface area contributed by atoms with Gasteiger partial charge in [-0.3, -0.25) is 4.79 Å². The Bertz CT molecular complexity index is 718. The quantitative estimate of drug-likeness (QED) is 0.835. The van der Waals surface area contributed by atoms with E-state index in [0.717, 1.165) is 23.6 Å². The van der Waals surface area contributed by atoms with E-state index in [0.29, 0.717) is 12.5 Å². The summed E-state index contributed by atoms with van der Waals surface area (Å²) in [6, 6.07) is 16.7. The van der Waals surface area contributed by atoms with E-state index in [1.807, 2.05) is 36.0 Å². The number of nitrogens with two attached hydrogens (primary N) is 1. The molecule has 0 bridgehead atoms. The lowest BCUT2D eigenvalue weighted by molar-refractivity contribution is -0.724. The SMILES string of the molecule is COc1ccc(NC(=O)C[C@H](C)[NH2+][C@@H]2CCSc3ccccc32)cc1. The number of hydrogen-bond donors (Lipinski definition) is 2. The van der Waals surface area contributed by atoms with E-state index in [9.17, 15) is 4.79 Å². The maximum Gasteiger partial charge on any atom is 0.230 e. The Morgan fingerprint density at radius 1 is 1.28 bits per heavy atom. The molecule has 132 valence electrons. The molecule has 2 atom stereocenters. The van der Waals surface area contributed by atoms with Crippen molar-refractivity contribution < 1.29 is 14.8 Å². The van der Waals surface area contributed by atoms with Crippen molar-refractivity contribution in [3.63, 3.8) is 0 Å². The van der Waals surface area contributed by atoms with Gasteiger partial charge in [-0.2, -0.15) is 0 Å². The summed E-state index contributed by atoms with van der Waals surface area (Å²) in [6.45, 7) is 2.12. The third-order valence-corrected chi connectivity index (χ3v) is 5.57. The first-order valence-electron chi connectivity index (χ1n) is 8.66. The van der Waals surface area contributed by atoms with Crippen molar-refractivity contribution in [2.24, 2.45) is 0 Å². The highest BCUT2D eigenvalue weighted by atomic mass is 32.2. The van der Waals surface area contributed by atoms with Crippen LogP contribution in [0.15, 0.2) is 53.4 Å². The van der Waals surface area contributed by atoms with E-state index in [1.165, 1.54) is 10.5 Å². The first kappa shape index (κ1) is 17.8. The van der Waals surface area contributed by atoms with Crippen LogP contribution in [-0.4, -0.2) is 24.8 Å². The van der Waals surface area contributed by atoms with Gasteiger partial charge in [0.15, 0.2) is 0 Å². The van der Waals surface area contributed by atoms with Gasteiger partial charge in [0, 0.05) is 28.3 Å². The molecule has 3 rings (SSSR count). The average molecular weight is 357 g/mol. The number of fused-ring (bicyclic) bond motifs is 1. The van der Waals surface area contributed by atoms with Crippen LogP contribution in [0, 0.1) is 0 Å². The van der Waals surface area contributed by atoms with Gasteiger partial charge in [0.1, 0.15) is 11.8 Å². The van der Waals surface area contributed by atoms with Crippen LogP contribution in [0.1, 0.15) is 31.4 Å². The number of benzene rings is 2. The zero-order valence-corrected chi connectivity index (χ0v) is 15.5. The predicted octanol–water partition coefficient (Wildman–Crippen LogP) is 3.21. The zero-order chi connectivity index (χ0) is 17.6. The van der Waals surface area contributed by atoms with E-state index >= 15 is 0 Å². The number of methoxy groups -OCH3 is 1. The van der Waals surface area contributed by atoms with Crippen LogP contribution in [0.3, 0.4) is 0 Å². The minimum Gasteiger partial charge on any atom is -0.497 e. The molecule has 1 heterocycles. The molecular weight excluding hydrogens is 332 g/mol. The second kappa shape index (κ2) is 8.41. The minimum atomic E-state index is 0.0485. The van der Waals surface area contributed by atoms with Gasteiger partial charge in [-0.15, -0.1) is 11.8 Å². The summed E-state index contributed by atoms with van der Waals surface area (Å²) in [7, 11) is 1.63. The summed E-state index contributed by atoms with van der Waals surface area (Å²) in [5.41, 5.74) is 2.21. The third-order valence-electron chi connectivity index (χ3n) is 4.45. The number of amides is 1. The van der Waals surface area contributed by atoms with Crippen LogP contribution >= 0.6 is 11.8 Å². The molecule has 2 aromatic carbocycles. The van der Waals surface area contributed by atoms with Gasteiger partial charge < -0.3 is 15.4 Å². The van der Waals surface area contributed by atoms with Crippen LogP contribution in [-0.2, 0) is 4.79 Å². The zero-order valence-electron chi connectivity index (χ0n) is 14.7. The molecule has 25 heavy (non-hydrogen) atoms. The molecule has 1 aliphatic heterocycles. The highest BCUT2D eigenvalue weighted by Gasteiger charge is 2.25. The smallest absolute Gasteiger partial charge is 0.230 e. The Morgan fingerprint density at radius 2 is 2.04 bits per heavy atom. The molecule has 3 N–H and O–H groups in total. The second-order valence-corrected chi connectivity index (χ2v) is 7.57. The molecule has 1 amide bonds. The molecule has 0 aliphatic carbocycles. The fourth-order valence-electron chi connectivity index (χ4n) is 3.21. The maximum absolute atomic E-state index is 12.3. The summed E-state index contributed by atoms with van der Waals surface area (Å²) < 4.78 is 5.13. The Kier molecular flexibility index (Phi) is 6.00. The highest BCUT2D eigenvalue weighted by Crippen LogP contribution is 2.33. The number of carbonyl (C=O) groups excluding carboxylic acids is 1. The molecule has 0 fully saturated rings. The number of hydrogen-bond acceptors (Lipinski definition) is 3. The number of nitrogens with one attached hydrogen (secondary N) is 1. The molecule has 0 saturated heterocycles. The standard InChI is InChI=1S/C20H24N2O2S/c1-14(13-20(23)22-15-7-9-16(24-2)10-8-15)21-18-11-12-25-19-6-4-3-5-17(18)19/h3-10,14,18,21H,11-13H2,1-2H3,(H,22,23)/p+1/t14-,18+/m0/s1. The van der Waals surface area contributed by atoms with Crippen LogP contribution in [0.4, 0.5) is 5.69 Å². The summed E-state index contributed by atoms with van der Waals surface area (Å²) >= 11 is 1.93. The van der Waals surface area contributed by atoms with Gasteiger partial charge >= 0.3 is 0 Å². The lowest BCUT2D eigenvalue weighted by Crippen LogP contribution is -2.90. The summed E-state index contributed by atoms with van der Waals surface area (Å²) in [6.07, 6.45) is 1.64. The van der Waals surface area contributed by atoms with E-state index in [-0.39, 0.29) is 11.9 Å². The molecule has 0 saturated carbocycles. The van der Waals surface area contributed by atoms with Gasteiger partial charge in [-0.05, 0) is 37.3 Å². The van der Waals surface area contributed by atoms with Crippen LogP contribution < -0.4 is 15.4 Å². The van der Waals surface area contributed by atoms with E-state index < -0.39 is 0 Å². The first-order chi connectivity index (χ1) is 12.2. The van der Waals surface area contributed by atoms with Crippen LogP contribution in [0.5, 0.6) is 5.75 Å². The highest BCUT2D eigenvalue weighted by molar-refractivity contribution is 7.99. The Balaban J connectivity index is 1.53. The van der Waals surface area contributed by atoms with Gasteiger partial charge in [0.25, 0.3) is 0 Å². The van der Waals surface area contributed by atoms with Crippen molar-refractivity contribution in [1.29, 1.82) is 0 Å². The van der Waals surface area contributed by atoms with Crippen LogP contribution in [0.25, 0.3) is 0 Å². The van der Waals surface area contributed by atoms with E-state index in [1.54, 1.807) is 7.11 Å². The van der Waals surface area contributed by atoms with Crippen molar-refractivity contribution in [1.82, 2.24) is 0 Å². The monoisotopic (exact) mass is 357 g/mol. The topological polar surface area (TPSA) is 54.9 Å². The summed E-state index contributed by atoms with van der Waals surface area (Å²) in [5, 5.41) is 5.30. The number of ether oxygens (including phenoxy) is 1. The molecule has 1 aliphatic rings. The first-order valence-corrected chi connectivity index (χ1v) is 9.65. The van der Waals surface area contributed by atoms with Crippen LogP contribution in [0.2, 0.25) is 0 Å². The molecule has 0 unspecified atom stereocenters. The number of anilines is 1. The molecular formula is C20H25N2O2S+.